The van der Waals surface area contributed by atoms with E-state index in [0.29, 0.717) is 24.5 Å². The molecule has 1 aromatic rings. The molecule has 21 heavy (non-hydrogen) atoms. The van der Waals surface area contributed by atoms with Crippen LogP contribution in [-0.4, -0.2) is 44.2 Å². The maximum absolute atomic E-state index is 12.3. The number of anilines is 1. The number of carbonyl (C=O) groups is 2. The maximum Gasteiger partial charge on any atom is 0.321 e. The molecule has 2 rings (SSSR count). The van der Waals surface area contributed by atoms with E-state index >= 15 is 0 Å². The van der Waals surface area contributed by atoms with Crippen LogP contribution in [0.2, 0.25) is 0 Å². The molecule has 0 aliphatic carbocycles. The minimum atomic E-state index is -0.259. The number of nitrogens with zero attached hydrogens (tertiary/aromatic N) is 1. The van der Waals surface area contributed by atoms with Crippen molar-refractivity contribution in [3.05, 3.63) is 24.3 Å². The van der Waals surface area contributed by atoms with E-state index in [9.17, 15) is 9.59 Å². The number of rotatable bonds is 3. The Morgan fingerprint density at radius 3 is 2.76 bits per heavy atom. The Balaban J connectivity index is 2.01. The molecular weight excluding hydrogens is 272 g/mol. The Hall–Kier alpha value is -2.24. The summed E-state index contributed by atoms with van der Waals surface area (Å²) < 4.78 is 9.96. The molecule has 114 valence electrons. The molecular formula is C15H20N2O4. The zero-order valence-electron chi connectivity index (χ0n) is 12.3. The van der Waals surface area contributed by atoms with E-state index in [4.69, 9.17) is 9.47 Å². The van der Waals surface area contributed by atoms with Crippen molar-refractivity contribution in [1.29, 1.82) is 0 Å². The van der Waals surface area contributed by atoms with Crippen LogP contribution in [0.4, 0.5) is 10.5 Å². The van der Waals surface area contributed by atoms with Gasteiger partial charge in [-0.25, -0.2) is 4.79 Å². The number of hydrogen-bond acceptors (Lipinski definition) is 4. The average Bonchev–Trinajstić information content (AvgIpc) is 2.54. The fraction of sp³-hybridized carbons (Fsp3) is 0.467. The minimum absolute atomic E-state index is 0.229. The van der Waals surface area contributed by atoms with Crippen LogP contribution in [0, 0.1) is 5.92 Å². The van der Waals surface area contributed by atoms with Gasteiger partial charge in [0.25, 0.3) is 0 Å². The van der Waals surface area contributed by atoms with Crippen LogP contribution in [0.15, 0.2) is 24.3 Å². The quantitative estimate of drug-likeness (QED) is 0.866. The van der Waals surface area contributed by atoms with E-state index in [1.54, 1.807) is 24.1 Å². The van der Waals surface area contributed by atoms with E-state index in [-0.39, 0.29) is 17.9 Å². The van der Waals surface area contributed by atoms with Gasteiger partial charge in [0.15, 0.2) is 0 Å². The smallest absolute Gasteiger partial charge is 0.321 e. The summed E-state index contributed by atoms with van der Waals surface area (Å²) in [7, 11) is 2.93. The van der Waals surface area contributed by atoms with Gasteiger partial charge in [0.2, 0.25) is 0 Å². The van der Waals surface area contributed by atoms with Crippen molar-refractivity contribution in [3.63, 3.8) is 0 Å². The highest BCUT2D eigenvalue weighted by Gasteiger charge is 2.29. The molecule has 1 fully saturated rings. The van der Waals surface area contributed by atoms with Crippen LogP contribution in [0.25, 0.3) is 0 Å². The van der Waals surface area contributed by atoms with Gasteiger partial charge < -0.3 is 19.7 Å². The molecule has 0 bridgehead atoms. The van der Waals surface area contributed by atoms with Crippen molar-refractivity contribution in [1.82, 2.24) is 4.90 Å². The fourth-order valence-corrected chi connectivity index (χ4v) is 2.46. The molecule has 1 saturated heterocycles. The molecule has 2 amide bonds. The number of hydrogen-bond donors (Lipinski definition) is 1. The van der Waals surface area contributed by atoms with Gasteiger partial charge in [-0.2, -0.15) is 0 Å². The number of piperidine rings is 1. The first kappa shape index (κ1) is 15.2. The van der Waals surface area contributed by atoms with Gasteiger partial charge in [-0.15, -0.1) is 0 Å². The van der Waals surface area contributed by atoms with Crippen LogP contribution >= 0.6 is 0 Å². The van der Waals surface area contributed by atoms with E-state index in [1.807, 2.05) is 12.1 Å². The SMILES string of the molecule is COC(=O)C1CCCN(C(=O)Nc2ccccc2OC)C1. The van der Waals surface area contributed by atoms with Crippen LogP contribution in [-0.2, 0) is 9.53 Å². The molecule has 1 aliphatic rings. The van der Waals surface area contributed by atoms with Crippen molar-refractivity contribution in [3.8, 4) is 5.75 Å². The summed E-state index contributed by atoms with van der Waals surface area (Å²) in [6.45, 7) is 1.02. The first-order valence-electron chi connectivity index (χ1n) is 6.92. The second kappa shape index (κ2) is 6.97. The predicted molar refractivity (Wildman–Crippen MR) is 78.3 cm³/mol. The molecule has 1 aromatic carbocycles. The number of ether oxygens (including phenoxy) is 2. The van der Waals surface area contributed by atoms with E-state index in [1.165, 1.54) is 7.11 Å². The second-order valence-electron chi connectivity index (χ2n) is 4.94. The highest BCUT2D eigenvalue weighted by Crippen LogP contribution is 2.24. The molecule has 1 N–H and O–H groups in total. The Morgan fingerprint density at radius 1 is 1.29 bits per heavy atom. The topological polar surface area (TPSA) is 67.9 Å². The van der Waals surface area contributed by atoms with Gasteiger partial charge >= 0.3 is 12.0 Å². The van der Waals surface area contributed by atoms with Gasteiger partial charge in [0.1, 0.15) is 5.75 Å². The normalized spacial score (nSPS) is 18.0. The summed E-state index contributed by atoms with van der Waals surface area (Å²) in [5, 5.41) is 2.82. The zero-order chi connectivity index (χ0) is 15.2. The Kier molecular flexibility index (Phi) is 5.03. The van der Waals surface area contributed by atoms with Gasteiger partial charge in [-0.1, -0.05) is 12.1 Å². The number of amides is 2. The molecule has 0 spiro atoms. The fourth-order valence-electron chi connectivity index (χ4n) is 2.46. The highest BCUT2D eigenvalue weighted by atomic mass is 16.5. The predicted octanol–water partition coefficient (Wildman–Crippen LogP) is 2.11. The standard InChI is InChI=1S/C15H20N2O4/c1-20-13-8-4-3-7-12(13)16-15(19)17-9-5-6-11(10-17)14(18)21-2/h3-4,7-8,11H,5-6,9-10H2,1-2H3,(H,16,19). The Morgan fingerprint density at radius 2 is 2.05 bits per heavy atom. The lowest BCUT2D eigenvalue weighted by molar-refractivity contribution is -0.146. The van der Waals surface area contributed by atoms with Crippen LogP contribution < -0.4 is 10.1 Å². The monoisotopic (exact) mass is 292 g/mol. The number of esters is 1. The molecule has 6 nitrogen and oxygen atoms in total. The summed E-state index contributed by atoms with van der Waals surface area (Å²) in [6, 6.07) is 6.99. The number of benzene rings is 1. The Bertz CT molecular complexity index is 518. The third-order valence-electron chi connectivity index (χ3n) is 3.59. The van der Waals surface area contributed by atoms with Crippen molar-refractivity contribution in [2.45, 2.75) is 12.8 Å². The largest absolute Gasteiger partial charge is 0.495 e. The van der Waals surface area contributed by atoms with Crippen molar-refractivity contribution >= 4 is 17.7 Å². The number of likely N-dealkylation sites (tertiary alicyclic amines) is 1. The lowest BCUT2D eigenvalue weighted by Gasteiger charge is -2.31. The summed E-state index contributed by atoms with van der Waals surface area (Å²) in [6.07, 6.45) is 1.55. The molecule has 1 aliphatic heterocycles. The average molecular weight is 292 g/mol. The van der Waals surface area contributed by atoms with Gasteiger partial charge in [0.05, 0.1) is 25.8 Å². The van der Waals surface area contributed by atoms with Gasteiger partial charge in [-0.3, -0.25) is 4.79 Å². The van der Waals surface area contributed by atoms with Crippen molar-refractivity contribution < 1.29 is 19.1 Å². The first-order chi connectivity index (χ1) is 10.2. The summed E-state index contributed by atoms with van der Waals surface area (Å²) in [4.78, 5) is 25.5. The third-order valence-corrected chi connectivity index (χ3v) is 3.59. The molecule has 1 unspecified atom stereocenters. The first-order valence-corrected chi connectivity index (χ1v) is 6.92. The number of para-hydroxylation sites is 2. The number of nitrogens with one attached hydrogen (secondary N) is 1. The van der Waals surface area contributed by atoms with E-state index in [2.05, 4.69) is 5.32 Å². The molecule has 0 aromatic heterocycles. The number of carbonyl (C=O) groups excluding carboxylic acids is 2. The van der Waals surface area contributed by atoms with E-state index < -0.39 is 0 Å². The minimum Gasteiger partial charge on any atom is -0.495 e. The van der Waals surface area contributed by atoms with Crippen molar-refractivity contribution in [2.24, 2.45) is 5.92 Å². The van der Waals surface area contributed by atoms with Crippen molar-refractivity contribution in [2.75, 3.05) is 32.6 Å². The summed E-state index contributed by atoms with van der Waals surface area (Å²) in [5.74, 6) is 0.101. The van der Waals surface area contributed by atoms with Gasteiger partial charge in [-0.05, 0) is 25.0 Å². The summed E-state index contributed by atoms with van der Waals surface area (Å²) >= 11 is 0. The Labute approximate surface area is 124 Å². The zero-order valence-corrected chi connectivity index (χ0v) is 12.3. The van der Waals surface area contributed by atoms with Crippen LogP contribution in [0.5, 0.6) is 5.75 Å². The van der Waals surface area contributed by atoms with Crippen LogP contribution in [0.3, 0.4) is 0 Å². The lowest BCUT2D eigenvalue weighted by atomic mass is 9.98. The highest BCUT2D eigenvalue weighted by molar-refractivity contribution is 5.91. The summed E-state index contributed by atoms with van der Waals surface area (Å²) in [5.41, 5.74) is 0.616. The molecule has 0 saturated carbocycles. The molecule has 6 heteroatoms. The third kappa shape index (κ3) is 3.65. The second-order valence-corrected chi connectivity index (χ2v) is 4.94. The maximum atomic E-state index is 12.3. The molecule has 1 atom stereocenters. The van der Waals surface area contributed by atoms with Crippen LogP contribution in [0.1, 0.15) is 12.8 Å². The molecule has 0 radical (unpaired) electrons. The lowest BCUT2D eigenvalue weighted by Crippen LogP contribution is -2.44. The molecule has 1 heterocycles. The van der Waals surface area contributed by atoms with E-state index in [0.717, 1.165) is 12.8 Å². The number of methoxy groups -OCH3 is 2. The number of urea groups is 1. The van der Waals surface area contributed by atoms with Gasteiger partial charge in [0, 0.05) is 13.1 Å².